The molecule has 2 aromatic rings. The van der Waals surface area contributed by atoms with Gasteiger partial charge in [-0.3, -0.25) is 9.69 Å². The van der Waals surface area contributed by atoms with E-state index in [0.29, 0.717) is 38.8 Å². The Morgan fingerprint density at radius 1 is 1.19 bits per heavy atom. The van der Waals surface area contributed by atoms with Gasteiger partial charge in [-0.1, -0.05) is 53.0 Å². The van der Waals surface area contributed by atoms with Crippen LogP contribution in [0.25, 0.3) is 6.08 Å². The lowest BCUT2D eigenvalue weighted by atomic mass is 10.1. The van der Waals surface area contributed by atoms with Crippen LogP contribution in [0.5, 0.6) is 5.75 Å². The quantitative estimate of drug-likeness (QED) is 0.596. The molecule has 0 aliphatic carbocycles. The van der Waals surface area contributed by atoms with Crippen molar-refractivity contribution < 1.29 is 9.53 Å². The molecule has 1 N–H and O–H groups in total. The highest BCUT2D eigenvalue weighted by molar-refractivity contribution is 7.80. The summed E-state index contributed by atoms with van der Waals surface area (Å²) >= 11 is 17.7. The number of carbonyl (C=O) groups excluding carboxylic acids is 1. The lowest BCUT2D eigenvalue weighted by molar-refractivity contribution is -0.121. The molecule has 0 unspecified atom stereocenters. The van der Waals surface area contributed by atoms with Crippen molar-refractivity contribution in [3.05, 3.63) is 68.8 Å². The average Bonchev–Trinajstić information content (AvgIpc) is 2.83. The zero-order valence-corrected chi connectivity index (χ0v) is 16.5. The number of aryl methyl sites for hydroxylation is 1. The van der Waals surface area contributed by atoms with Crippen LogP contribution < -0.4 is 10.1 Å². The van der Waals surface area contributed by atoms with Crippen LogP contribution in [0.1, 0.15) is 16.7 Å². The van der Waals surface area contributed by atoms with E-state index in [-0.39, 0.29) is 5.91 Å². The number of carbonyl (C=O) groups is 1. The minimum atomic E-state index is -0.207. The van der Waals surface area contributed by atoms with Crippen LogP contribution in [0.15, 0.2) is 42.1 Å². The van der Waals surface area contributed by atoms with Gasteiger partial charge in [0.2, 0.25) is 0 Å². The van der Waals surface area contributed by atoms with Gasteiger partial charge < -0.3 is 10.1 Å². The summed E-state index contributed by atoms with van der Waals surface area (Å²) in [6, 6.07) is 11.4. The summed E-state index contributed by atoms with van der Waals surface area (Å²) in [6.45, 7) is 2.39. The molecule has 0 bridgehead atoms. The number of amides is 1. The van der Waals surface area contributed by atoms with Gasteiger partial charge in [-0.05, 0) is 48.5 Å². The van der Waals surface area contributed by atoms with Crippen molar-refractivity contribution in [3.8, 4) is 5.75 Å². The van der Waals surface area contributed by atoms with E-state index in [1.807, 2.05) is 31.2 Å². The standard InChI is InChI=1S/C19H16Cl2N2O2S/c1-11-3-5-12(6-4-11)10-25-17-14(20)7-13(8-15(17)21)9-16-18(24)23(2)19(26)22-16/h3-9H,10H2,1-2H3,(H,22,26)/b16-9-. The Balaban J connectivity index is 1.79. The normalized spacial score (nSPS) is 15.5. The Kier molecular flexibility index (Phi) is 5.51. The van der Waals surface area contributed by atoms with Crippen LogP contribution in [0.3, 0.4) is 0 Å². The second kappa shape index (κ2) is 7.66. The van der Waals surface area contributed by atoms with E-state index in [2.05, 4.69) is 5.32 Å². The van der Waals surface area contributed by atoms with Gasteiger partial charge in [-0.2, -0.15) is 0 Å². The van der Waals surface area contributed by atoms with Crippen molar-refractivity contribution in [1.29, 1.82) is 0 Å². The van der Waals surface area contributed by atoms with Crippen LogP contribution in [0.2, 0.25) is 10.0 Å². The molecular formula is C19H16Cl2N2O2S. The van der Waals surface area contributed by atoms with Crippen LogP contribution in [0, 0.1) is 6.92 Å². The van der Waals surface area contributed by atoms with E-state index in [9.17, 15) is 4.79 Å². The van der Waals surface area contributed by atoms with Crippen LogP contribution in [-0.2, 0) is 11.4 Å². The van der Waals surface area contributed by atoms with E-state index >= 15 is 0 Å². The van der Waals surface area contributed by atoms with Crippen molar-refractivity contribution in [1.82, 2.24) is 10.2 Å². The van der Waals surface area contributed by atoms with Gasteiger partial charge in [0.1, 0.15) is 12.3 Å². The number of rotatable bonds is 4. The summed E-state index contributed by atoms with van der Waals surface area (Å²) in [4.78, 5) is 13.4. The molecule has 1 fully saturated rings. The number of likely N-dealkylation sites (N-methyl/N-ethyl adjacent to an activating group) is 1. The second-order valence-electron chi connectivity index (χ2n) is 5.94. The van der Waals surface area contributed by atoms with Gasteiger partial charge in [0.15, 0.2) is 10.9 Å². The van der Waals surface area contributed by atoms with Gasteiger partial charge in [-0.25, -0.2) is 0 Å². The maximum Gasteiger partial charge on any atom is 0.276 e. The van der Waals surface area contributed by atoms with E-state index < -0.39 is 0 Å². The Bertz CT molecular complexity index is 887. The molecule has 0 aromatic heterocycles. The lowest BCUT2D eigenvalue weighted by Gasteiger charge is -2.11. The summed E-state index contributed by atoms with van der Waals surface area (Å²) in [7, 11) is 1.61. The first-order valence-electron chi connectivity index (χ1n) is 7.83. The first-order chi connectivity index (χ1) is 12.3. The predicted molar refractivity (Wildman–Crippen MR) is 108 cm³/mol. The first kappa shape index (κ1) is 18.7. The first-order valence-corrected chi connectivity index (χ1v) is 8.99. The largest absolute Gasteiger partial charge is 0.486 e. The Morgan fingerprint density at radius 2 is 1.81 bits per heavy atom. The minimum Gasteiger partial charge on any atom is -0.486 e. The fraction of sp³-hybridized carbons (Fsp3) is 0.158. The fourth-order valence-corrected chi connectivity index (χ4v) is 3.24. The number of hydrogen-bond acceptors (Lipinski definition) is 3. The molecule has 0 spiro atoms. The Hall–Kier alpha value is -2.08. The smallest absolute Gasteiger partial charge is 0.276 e. The summed E-state index contributed by atoms with van der Waals surface area (Å²) in [5, 5.41) is 3.96. The molecule has 0 atom stereocenters. The topological polar surface area (TPSA) is 41.6 Å². The Labute approximate surface area is 167 Å². The van der Waals surface area contributed by atoms with E-state index in [1.165, 1.54) is 10.5 Å². The highest BCUT2D eigenvalue weighted by atomic mass is 35.5. The maximum atomic E-state index is 12.1. The molecule has 7 heteroatoms. The molecule has 1 heterocycles. The minimum absolute atomic E-state index is 0.207. The molecule has 1 aliphatic heterocycles. The molecule has 134 valence electrons. The summed E-state index contributed by atoms with van der Waals surface area (Å²) in [6.07, 6.45) is 1.65. The van der Waals surface area contributed by atoms with Crippen molar-refractivity contribution >= 4 is 52.5 Å². The number of nitrogens with one attached hydrogen (secondary N) is 1. The highest BCUT2D eigenvalue weighted by Crippen LogP contribution is 2.35. The number of halogens is 2. The summed E-state index contributed by atoms with van der Waals surface area (Å²) < 4.78 is 5.78. The third kappa shape index (κ3) is 4.01. The van der Waals surface area contributed by atoms with Gasteiger partial charge in [0.25, 0.3) is 5.91 Å². The second-order valence-corrected chi connectivity index (χ2v) is 7.14. The molecule has 3 rings (SSSR count). The summed E-state index contributed by atoms with van der Waals surface area (Å²) in [5.41, 5.74) is 3.25. The van der Waals surface area contributed by atoms with Gasteiger partial charge >= 0.3 is 0 Å². The van der Waals surface area contributed by atoms with Crippen LogP contribution in [-0.4, -0.2) is 23.0 Å². The monoisotopic (exact) mass is 406 g/mol. The van der Waals surface area contributed by atoms with Crippen LogP contribution in [0.4, 0.5) is 0 Å². The highest BCUT2D eigenvalue weighted by Gasteiger charge is 2.27. The third-order valence-electron chi connectivity index (χ3n) is 3.92. The molecule has 26 heavy (non-hydrogen) atoms. The zero-order valence-electron chi connectivity index (χ0n) is 14.2. The fourth-order valence-electron chi connectivity index (χ4n) is 2.43. The van der Waals surface area contributed by atoms with Gasteiger partial charge in [0.05, 0.1) is 10.0 Å². The summed E-state index contributed by atoms with van der Waals surface area (Å²) in [5.74, 6) is 0.205. The van der Waals surface area contributed by atoms with Gasteiger partial charge in [0, 0.05) is 7.05 Å². The van der Waals surface area contributed by atoms with Crippen molar-refractivity contribution in [3.63, 3.8) is 0 Å². The Morgan fingerprint density at radius 3 is 2.35 bits per heavy atom. The maximum absolute atomic E-state index is 12.1. The number of thiocarbonyl (C=S) groups is 1. The number of ether oxygens (including phenoxy) is 1. The van der Waals surface area contributed by atoms with Crippen molar-refractivity contribution in [2.24, 2.45) is 0 Å². The van der Waals surface area contributed by atoms with E-state index in [1.54, 1.807) is 25.3 Å². The molecule has 1 amide bonds. The predicted octanol–water partition coefficient (Wildman–Crippen LogP) is 4.57. The average molecular weight is 407 g/mol. The molecule has 4 nitrogen and oxygen atoms in total. The molecule has 1 saturated heterocycles. The molecule has 0 radical (unpaired) electrons. The molecule has 1 aliphatic rings. The molecular weight excluding hydrogens is 391 g/mol. The van der Waals surface area contributed by atoms with Gasteiger partial charge in [-0.15, -0.1) is 0 Å². The number of benzene rings is 2. The van der Waals surface area contributed by atoms with Crippen molar-refractivity contribution in [2.75, 3.05) is 7.05 Å². The zero-order chi connectivity index (χ0) is 18.8. The van der Waals surface area contributed by atoms with E-state index in [0.717, 1.165) is 5.56 Å². The SMILES string of the molecule is Cc1ccc(COc2c(Cl)cc(/C=C3\NC(=S)N(C)C3=O)cc2Cl)cc1. The number of hydrogen-bond donors (Lipinski definition) is 1. The number of nitrogens with zero attached hydrogens (tertiary/aromatic N) is 1. The third-order valence-corrected chi connectivity index (χ3v) is 4.85. The lowest BCUT2D eigenvalue weighted by Crippen LogP contribution is -2.25. The molecule has 0 saturated carbocycles. The van der Waals surface area contributed by atoms with Crippen LogP contribution >= 0.6 is 35.4 Å². The van der Waals surface area contributed by atoms with E-state index in [4.69, 9.17) is 40.2 Å². The molecule has 2 aromatic carbocycles. The van der Waals surface area contributed by atoms with Crippen molar-refractivity contribution in [2.45, 2.75) is 13.5 Å².